The quantitative estimate of drug-likeness (QED) is 0.842. The lowest BCUT2D eigenvalue weighted by molar-refractivity contribution is 0.0744. The lowest BCUT2D eigenvalue weighted by Crippen LogP contribution is -2.31. The van der Waals surface area contributed by atoms with Gasteiger partial charge in [0.1, 0.15) is 0 Å². The number of nitrogens with two attached hydrogens (primary N) is 1. The predicted octanol–water partition coefficient (Wildman–Crippen LogP) is 0.663. The summed E-state index contributed by atoms with van der Waals surface area (Å²) in [5.41, 5.74) is 8.12. The van der Waals surface area contributed by atoms with Crippen molar-refractivity contribution in [2.75, 3.05) is 12.3 Å². The minimum absolute atomic E-state index is 0.115. The highest BCUT2D eigenvalue weighted by Gasteiger charge is 2.24. The number of fused-ring (bicyclic) bond motifs is 1. The maximum Gasteiger partial charge on any atom is 0.257 e. The van der Waals surface area contributed by atoms with Crippen molar-refractivity contribution >= 4 is 11.9 Å². The molecule has 0 aliphatic carbocycles. The standard InChI is InChI=1S/C15H20N6O2/c1-9-12(7-17-15(16)18-9)14(23)20-4-3-5-21-11(8-20)6-13(19-21)10(2)22/h6-7,10,22H,3-5,8H2,1-2H3,(H2,16,17,18)/t10-/m0/s1. The molecular formula is C15H20N6O2. The molecule has 8 nitrogen and oxygen atoms in total. The van der Waals surface area contributed by atoms with Gasteiger partial charge in [0.15, 0.2) is 0 Å². The second-order valence-electron chi connectivity index (χ2n) is 5.77. The van der Waals surface area contributed by atoms with Crippen LogP contribution >= 0.6 is 0 Å². The highest BCUT2D eigenvalue weighted by atomic mass is 16.3. The number of amides is 1. The molecule has 3 heterocycles. The lowest BCUT2D eigenvalue weighted by Gasteiger charge is -2.20. The number of nitrogen functional groups attached to an aromatic ring is 1. The number of carbonyl (C=O) groups is 1. The second-order valence-corrected chi connectivity index (χ2v) is 5.77. The maximum absolute atomic E-state index is 12.8. The van der Waals surface area contributed by atoms with Crippen LogP contribution in [0.15, 0.2) is 12.3 Å². The van der Waals surface area contributed by atoms with Gasteiger partial charge in [-0.15, -0.1) is 0 Å². The molecule has 0 radical (unpaired) electrons. The molecule has 0 bridgehead atoms. The zero-order chi connectivity index (χ0) is 16.6. The number of nitrogens with zero attached hydrogens (tertiary/aromatic N) is 5. The normalized spacial score (nSPS) is 15.9. The Labute approximate surface area is 134 Å². The molecule has 122 valence electrons. The average Bonchev–Trinajstić information content (AvgIpc) is 2.79. The number of aryl methyl sites for hydroxylation is 2. The largest absolute Gasteiger partial charge is 0.387 e. The van der Waals surface area contributed by atoms with Gasteiger partial charge >= 0.3 is 0 Å². The molecule has 0 spiro atoms. The van der Waals surface area contributed by atoms with Crippen LogP contribution in [0.25, 0.3) is 0 Å². The van der Waals surface area contributed by atoms with Gasteiger partial charge in [-0.1, -0.05) is 0 Å². The number of anilines is 1. The molecule has 1 amide bonds. The van der Waals surface area contributed by atoms with Gasteiger partial charge in [0.2, 0.25) is 5.95 Å². The van der Waals surface area contributed by atoms with E-state index in [1.165, 1.54) is 6.20 Å². The molecule has 2 aromatic heterocycles. The first-order valence-electron chi connectivity index (χ1n) is 7.59. The van der Waals surface area contributed by atoms with E-state index < -0.39 is 6.10 Å². The summed E-state index contributed by atoms with van der Waals surface area (Å²) in [6, 6.07) is 1.85. The van der Waals surface area contributed by atoms with Crippen molar-refractivity contribution in [2.45, 2.75) is 39.5 Å². The van der Waals surface area contributed by atoms with Crippen LogP contribution in [0.4, 0.5) is 5.95 Å². The van der Waals surface area contributed by atoms with Gasteiger partial charge in [-0.05, 0) is 26.3 Å². The Morgan fingerprint density at radius 2 is 2.22 bits per heavy atom. The van der Waals surface area contributed by atoms with Crippen molar-refractivity contribution in [3.63, 3.8) is 0 Å². The summed E-state index contributed by atoms with van der Waals surface area (Å²) >= 11 is 0. The Hall–Kier alpha value is -2.48. The number of carbonyl (C=O) groups excluding carboxylic acids is 1. The number of rotatable bonds is 2. The van der Waals surface area contributed by atoms with E-state index >= 15 is 0 Å². The van der Waals surface area contributed by atoms with Crippen LogP contribution in [0.3, 0.4) is 0 Å². The van der Waals surface area contributed by atoms with Crippen molar-refractivity contribution in [3.8, 4) is 0 Å². The topological polar surface area (TPSA) is 110 Å². The van der Waals surface area contributed by atoms with E-state index in [1.807, 2.05) is 10.7 Å². The summed E-state index contributed by atoms with van der Waals surface area (Å²) in [4.78, 5) is 22.5. The third-order valence-electron chi connectivity index (χ3n) is 3.98. The summed E-state index contributed by atoms with van der Waals surface area (Å²) in [5, 5.41) is 14.1. The fraction of sp³-hybridized carbons (Fsp3) is 0.467. The van der Waals surface area contributed by atoms with Gasteiger partial charge in [-0.25, -0.2) is 9.97 Å². The Morgan fingerprint density at radius 3 is 2.91 bits per heavy atom. The van der Waals surface area contributed by atoms with E-state index in [1.54, 1.807) is 18.7 Å². The number of aliphatic hydroxyl groups is 1. The van der Waals surface area contributed by atoms with Gasteiger partial charge in [0, 0.05) is 19.3 Å². The first-order chi connectivity index (χ1) is 11.0. The van der Waals surface area contributed by atoms with Gasteiger partial charge in [0.25, 0.3) is 5.91 Å². The molecule has 3 N–H and O–H groups in total. The van der Waals surface area contributed by atoms with E-state index in [4.69, 9.17) is 5.73 Å². The van der Waals surface area contributed by atoms with Crippen LogP contribution in [0, 0.1) is 6.92 Å². The highest BCUT2D eigenvalue weighted by molar-refractivity contribution is 5.95. The molecule has 8 heteroatoms. The molecule has 1 aliphatic heterocycles. The van der Waals surface area contributed by atoms with Crippen LogP contribution in [-0.4, -0.2) is 42.2 Å². The fourth-order valence-electron chi connectivity index (χ4n) is 2.73. The van der Waals surface area contributed by atoms with Gasteiger partial charge in [0.05, 0.1) is 35.3 Å². The first-order valence-corrected chi connectivity index (χ1v) is 7.59. The van der Waals surface area contributed by atoms with Gasteiger partial charge in [-0.3, -0.25) is 9.48 Å². The fourth-order valence-corrected chi connectivity index (χ4v) is 2.73. The van der Waals surface area contributed by atoms with E-state index in [9.17, 15) is 9.90 Å². The monoisotopic (exact) mass is 316 g/mol. The van der Waals surface area contributed by atoms with Crippen LogP contribution in [0.5, 0.6) is 0 Å². The van der Waals surface area contributed by atoms with Crippen LogP contribution in [-0.2, 0) is 13.1 Å². The smallest absolute Gasteiger partial charge is 0.257 e. The molecule has 0 fully saturated rings. The SMILES string of the molecule is Cc1nc(N)ncc1C(=O)N1CCCn2nc([C@H](C)O)cc2C1. The van der Waals surface area contributed by atoms with Crippen molar-refractivity contribution in [3.05, 3.63) is 34.9 Å². The number of aromatic nitrogens is 4. The zero-order valence-corrected chi connectivity index (χ0v) is 13.2. The molecule has 1 atom stereocenters. The molecule has 0 aromatic carbocycles. The molecule has 2 aromatic rings. The van der Waals surface area contributed by atoms with Crippen LogP contribution in [0.2, 0.25) is 0 Å². The molecular weight excluding hydrogens is 296 g/mol. The summed E-state index contributed by atoms with van der Waals surface area (Å²) in [6.45, 7) is 5.24. The third kappa shape index (κ3) is 3.02. The van der Waals surface area contributed by atoms with Crippen LogP contribution in [0.1, 0.15) is 46.9 Å². The highest BCUT2D eigenvalue weighted by Crippen LogP contribution is 2.19. The third-order valence-corrected chi connectivity index (χ3v) is 3.98. The summed E-state index contributed by atoms with van der Waals surface area (Å²) < 4.78 is 1.86. The maximum atomic E-state index is 12.8. The molecule has 3 rings (SSSR count). The van der Waals surface area contributed by atoms with E-state index in [-0.39, 0.29) is 11.9 Å². The molecule has 23 heavy (non-hydrogen) atoms. The lowest BCUT2D eigenvalue weighted by atomic mass is 10.2. The minimum Gasteiger partial charge on any atom is -0.387 e. The summed E-state index contributed by atoms with van der Waals surface area (Å²) in [7, 11) is 0. The number of aliphatic hydroxyl groups excluding tert-OH is 1. The van der Waals surface area contributed by atoms with Crippen molar-refractivity contribution < 1.29 is 9.90 Å². The van der Waals surface area contributed by atoms with Gasteiger partial charge in [-0.2, -0.15) is 5.10 Å². The first kappa shape index (κ1) is 15.4. The zero-order valence-electron chi connectivity index (χ0n) is 13.2. The molecule has 0 saturated carbocycles. The predicted molar refractivity (Wildman–Crippen MR) is 83.4 cm³/mol. The molecule has 0 saturated heterocycles. The second kappa shape index (κ2) is 5.96. The van der Waals surface area contributed by atoms with Gasteiger partial charge < -0.3 is 15.7 Å². The Kier molecular flexibility index (Phi) is 3.99. The number of hydrogen-bond donors (Lipinski definition) is 2. The van der Waals surface area contributed by atoms with Crippen molar-refractivity contribution in [2.24, 2.45) is 0 Å². The Balaban J connectivity index is 1.86. The summed E-state index contributed by atoms with van der Waals surface area (Å²) in [5.74, 6) is 0.0466. The van der Waals surface area contributed by atoms with Crippen molar-refractivity contribution in [1.29, 1.82) is 0 Å². The van der Waals surface area contributed by atoms with E-state index in [2.05, 4.69) is 15.1 Å². The van der Waals surface area contributed by atoms with E-state index in [0.29, 0.717) is 30.0 Å². The Bertz CT molecular complexity index is 740. The molecule has 1 aliphatic rings. The average molecular weight is 316 g/mol. The molecule has 0 unspecified atom stereocenters. The van der Waals surface area contributed by atoms with E-state index in [0.717, 1.165) is 18.7 Å². The number of hydrogen-bond acceptors (Lipinski definition) is 6. The van der Waals surface area contributed by atoms with Crippen LogP contribution < -0.4 is 5.73 Å². The Morgan fingerprint density at radius 1 is 1.43 bits per heavy atom. The minimum atomic E-state index is -0.619. The van der Waals surface area contributed by atoms with Crippen molar-refractivity contribution in [1.82, 2.24) is 24.6 Å². The summed E-state index contributed by atoms with van der Waals surface area (Å²) in [6.07, 6.45) is 1.66.